The van der Waals surface area contributed by atoms with Gasteiger partial charge in [-0.3, -0.25) is 0 Å². The standard InChI is InChI=1S/C62H49N3/c1-2-63-61-41-39-57(64(53-31-23-49(24-32-53)45-15-7-3-8-16-45)54-33-25-50(26-34-54)46-17-9-4-10-18-46)43-59(61)60-44-58(40-42-62(60)63)65(55-35-27-51(28-36-55)47-19-11-5-12-20-47)56-37-29-52(30-38-56)48-21-13-6-14-22-48/h3-37,39-44,56H,2,38H2,1H3. The molecule has 0 spiro atoms. The first kappa shape index (κ1) is 39.7. The first-order valence-electron chi connectivity index (χ1n) is 22.7. The molecule has 9 aromatic carbocycles. The number of aromatic nitrogens is 1. The molecule has 1 aromatic heterocycles. The van der Waals surface area contributed by atoms with E-state index in [4.69, 9.17) is 0 Å². The Balaban J connectivity index is 1.03. The largest absolute Gasteiger partial charge is 0.341 e. The van der Waals surface area contributed by atoms with Crippen molar-refractivity contribution in [3.8, 4) is 33.4 Å². The lowest BCUT2D eigenvalue weighted by molar-refractivity contribution is 0.787. The lowest BCUT2D eigenvalue weighted by Gasteiger charge is -2.33. The lowest BCUT2D eigenvalue weighted by atomic mass is 9.95. The van der Waals surface area contributed by atoms with Crippen LogP contribution in [0.25, 0.3) is 60.8 Å². The molecule has 0 saturated heterocycles. The number of nitrogens with zero attached hydrogens (tertiary/aromatic N) is 3. The molecule has 1 heterocycles. The molecular formula is C62H49N3. The Morgan fingerprint density at radius 3 is 1.22 bits per heavy atom. The third-order valence-electron chi connectivity index (χ3n) is 12.9. The van der Waals surface area contributed by atoms with Crippen LogP contribution in [0, 0.1) is 0 Å². The average molecular weight is 836 g/mol. The maximum Gasteiger partial charge on any atom is 0.0560 e. The Labute approximate surface area is 382 Å². The Bertz CT molecular complexity index is 3190. The van der Waals surface area contributed by atoms with Gasteiger partial charge in [0.05, 0.1) is 6.04 Å². The van der Waals surface area contributed by atoms with Crippen molar-refractivity contribution in [3.63, 3.8) is 0 Å². The number of anilines is 5. The van der Waals surface area contributed by atoms with E-state index in [0.29, 0.717) is 0 Å². The Hall–Kier alpha value is -8.14. The molecule has 0 N–H and O–H groups in total. The van der Waals surface area contributed by atoms with Gasteiger partial charge in [-0.25, -0.2) is 0 Å². The third kappa shape index (κ3) is 7.83. The lowest BCUT2D eigenvalue weighted by Crippen LogP contribution is -2.30. The normalized spacial score (nSPS) is 13.5. The molecule has 65 heavy (non-hydrogen) atoms. The van der Waals surface area contributed by atoms with Gasteiger partial charge in [-0.2, -0.15) is 0 Å². The summed E-state index contributed by atoms with van der Waals surface area (Å²) in [6.45, 7) is 3.12. The van der Waals surface area contributed by atoms with Crippen LogP contribution < -0.4 is 9.80 Å². The van der Waals surface area contributed by atoms with Crippen molar-refractivity contribution in [3.05, 3.63) is 254 Å². The topological polar surface area (TPSA) is 11.4 Å². The van der Waals surface area contributed by atoms with Gasteiger partial charge in [0.25, 0.3) is 0 Å². The van der Waals surface area contributed by atoms with Crippen LogP contribution in [-0.4, -0.2) is 10.6 Å². The summed E-state index contributed by atoms with van der Waals surface area (Å²) in [5.41, 5.74) is 17.9. The van der Waals surface area contributed by atoms with Gasteiger partial charge in [0.2, 0.25) is 0 Å². The zero-order chi connectivity index (χ0) is 43.5. The fourth-order valence-electron chi connectivity index (χ4n) is 9.65. The molecule has 312 valence electrons. The maximum absolute atomic E-state index is 2.52. The number of aryl methyl sites for hydroxylation is 1. The zero-order valence-corrected chi connectivity index (χ0v) is 36.5. The number of allylic oxidation sites excluding steroid dienone is 2. The highest BCUT2D eigenvalue weighted by Gasteiger charge is 2.23. The number of rotatable bonds is 11. The second kappa shape index (κ2) is 17.6. The SMILES string of the molecule is CCn1c2ccc(N(c3ccc(-c4ccccc4)cc3)c3ccc(-c4ccccc4)cc3)cc2c2cc(N(c3ccc(-c4ccccc4)cc3)C3C=CC(c4ccccc4)=CC3)ccc21. The Morgan fingerprint density at radius 2 is 0.785 bits per heavy atom. The molecule has 10 aromatic rings. The number of hydrogen-bond donors (Lipinski definition) is 0. The predicted octanol–water partition coefficient (Wildman–Crippen LogP) is 16.8. The summed E-state index contributed by atoms with van der Waals surface area (Å²) in [6.07, 6.45) is 7.97. The van der Waals surface area contributed by atoms with Gasteiger partial charge >= 0.3 is 0 Å². The van der Waals surface area contributed by atoms with E-state index in [1.54, 1.807) is 0 Å². The van der Waals surface area contributed by atoms with Crippen LogP contribution in [0.15, 0.2) is 249 Å². The highest BCUT2D eigenvalue weighted by molar-refractivity contribution is 6.11. The van der Waals surface area contributed by atoms with Gasteiger partial charge in [-0.05, 0) is 131 Å². The van der Waals surface area contributed by atoms with E-state index in [2.05, 4.69) is 270 Å². The summed E-state index contributed by atoms with van der Waals surface area (Å²) < 4.78 is 2.46. The van der Waals surface area contributed by atoms with Gasteiger partial charge in [-0.15, -0.1) is 0 Å². The summed E-state index contributed by atoms with van der Waals surface area (Å²) in [5, 5.41) is 2.48. The minimum atomic E-state index is 0.130. The van der Waals surface area contributed by atoms with Crippen LogP contribution >= 0.6 is 0 Å². The van der Waals surface area contributed by atoms with Crippen LogP contribution in [0.3, 0.4) is 0 Å². The van der Waals surface area contributed by atoms with Gasteiger partial charge in [0.1, 0.15) is 0 Å². The third-order valence-corrected chi connectivity index (χ3v) is 12.9. The molecule has 3 nitrogen and oxygen atoms in total. The molecule has 11 rings (SSSR count). The average Bonchev–Trinajstić information content (AvgIpc) is 3.70. The minimum absolute atomic E-state index is 0.130. The van der Waals surface area contributed by atoms with Gasteiger partial charge in [-0.1, -0.05) is 176 Å². The van der Waals surface area contributed by atoms with Gasteiger partial charge in [0.15, 0.2) is 0 Å². The number of hydrogen-bond acceptors (Lipinski definition) is 2. The molecule has 1 aliphatic rings. The first-order chi connectivity index (χ1) is 32.2. The molecule has 0 bridgehead atoms. The molecule has 1 aliphatic carbocycles. The van der Waals surface area contributed by atoms with E-state index in [9.17, 15) is 0 Å². The fourth-order valence-corrected chi connectivity index (χ4v) is 9.65. The molecule has 0 aliphatic heterocycles. The maximum atomic E-state index is 2.52. The van der Waals surface area contributed by atoms with Crippen molar-refractivity contribution in [2.75, 3.05) is 9.80 Å². The molecular weight excluding hydrogens is 787 g/mol. The zero-order valence-electron chi connectivity index (χ0n) is 36.5. The molecule has 1 atom stereocenters. The van der Waals surface area contributed by atoms with Crippen molar-refractivity contribution in [2.45, 2.75) is 25.9 Å². The van der Waals surface area contributed by atoms with Crippen LogP contribution in [0.2, 0.25) is 0 Å². The summed E-state index contributed by atoms with van der Waals surface area (Å²) in [6, 6.07) is 83.8. The van der Waals surface area contributed by atoms with Gasteiger partial charge in [0, 0.05) is 56.8 Å². The molecule has 0 amide bonds. The highest BCUT2D eigenvalue weighted by Crippen LogP contribution is 2.42. The van der Waals surface area contributed by atoms with Crippen molar-refractivity contribution < 1.29 is 0 Å². The number of benzene rings is 9. The van der Waals surface area contributed by atoms with Crippen molar-refractivity contribution >= 4 is 55.8 Å². The molecule has 1 unspecified atom stereocenters. The van der Waals surface area contributed by atoms with Crippen molar-refractivity contribution in [1.82, 2.24) is 4.57 Å². The molecule has 3 heteroatoms. The minimum Gasteiger partial charge on any atom is -0.341 e. The summed E-state index contributed by atoms with van der Waals surface area (Å²) in [4.78, 5) is 4.92. The van der Waals surface area contributed by atoms with E-state index >= 15 is 0 Å². The fraction of sp³-hybridized carbons (Fsp3) is 0.0645. The monoisotopic (exact) mass is 835 g/mol. The summed E-state index contributed by atoms with van der Waals surface area (Å²) in [5.74, 6) is 0. The van der Waals surface area contributed by atoms with Crippen molar-refractivity contribution in [2.24, 2.45) is 0 Å². The Morgan fingerprint density at radius 1 is 0.400 bits per heavy atom. The van der Waals surface area contributed by atoms with Gasteiger partial charge < -0.3 is 14.4 Å². The predicted molar refractivity (Wildman–Crippen MR) is 277 cm³/mol. The van der Waals surface area contributed by atoms with E-state index in [0.717, 1.165) is 30.0 Å². The summed E-state index contributed by atoms with van der Waals surface area (Å²) >= 11 is 0. The number of fused-ring (bicyclic) bond motifs is 3. The van der Waals surface area contributed by atoms with Crippen LogP contribution in [0.4, 0.5) is 28.4 Å². The molecule has 0 saturated carbocycles. The van der Waals surface area contributed by atoms with Crippen LogP contribution in [0.1, 0.15) is 18.9 Å². The van der Waals surface area contributed by atoms with Crippen LogP contribution in [-0.2, 0) is 6.54 Å². The van der Waals surface area contributed by atoms with Crippen LogP contribution in [0.5, 0.6) is 0 Å². The molecule has 0 fully saturated rings. The molecule has 0 radical (unpaired) electrons. The second-order valence-electron chi connectivity index (χ2n) is 16.8. The Kier molecular flexibility index (Phi) is 10.7. The van der Waals surface area contributed by atoms with E-state index in [-0.39, 0.29) is 6.04 Å². The van der Waals surface area contributed by atoms with E-state index in [1.165, 1.54) is 77.7 Å². The van der Waals surface area contributed by atoms with Crippen molar-refractivity contribution in [1.29, 1.82) is 0 Å². The summed E-state index contributed by atoms with van der Waals surface area (Å²) in [7, 11) is 0. The quantitative estimate of drug-likeness (QED) is 0.129. The van der Waals surface area contributed by atoms with E-state index < -0.39 is 0 Å². The van der Waals surface area contributed by atoms with E-state index in [1.807, 2.05) is 0 Å². The smallest absolute Gasteiger partial charge is 0.0560 e. The highest BCUT2D eigenvalue weighted by atomic mass is 15.2. The second-order valence-corrected chi connectivity index (χ2v) is 16.8. The first-order valence-corrected chi connectivity index (χ1v) is 22.7.